The molecule has 0 saturated heterocycles. The highest BCUT2D eigenvalue weighted by molar-refractivity contribution is 8.01. The summed E-state index contributed by atoms with van der Waals surface area (Å²) in [7, 11) is 0. The molecule has 0 atom stereocenters. The topological polar surface area (TPSA) is 37.8 Å². The van der Waals surface area contributed by atoms with Crippen LogP contribution < -0.4 is 5.32 Å². The molecule has 0 fully saturated rings. The molecule has 3 nitrogen and oxygen atoms in total. The van der Waals surface area contributed by atoms with Crippen LogP contribution in [0.2, 0.25) is 0 Å². The van der Waals surface area contributed by atoms with E-state index in [-0.39, 0.29) is 0 Å². The molecule has 3 aromatic rings. The van der Waals surface area contributed by atoms with Crippen LogP contribution in [-0.2, 0) is 6.54 Å². The van der Waals surface area contributed by atoms with Crippen LogP contribution in [0.5, 0.6) is 0 Å². The van der Waals surface area contributed by atoms with Gasteiger partial charge in [0, 0.05) is 17.6 Å². The van der Waals surface area contributed by atoms with Gasteiger partial charge in [-0.25, -0.2) is 4.98 Å². The first kappa shape index (κ1) is 16.3. The summed E-state index contributed by atoms with van der Waals surface area (Å²) in [6.07, 6.45) is 1.82. The number of pyridine rings is 1. The molecular weight excluding hydrogens is 322 g/mol. The minimum atomic E-state index is 0.317. The summed E-state index contributed by atoms with van der Waals surface area (Å²) in [5, 5.41) is 3.43. The monoisotopic (exact) mass is 343 g/mol. The largest absolute Gasteiger partial charge is 0.379 e. The Labute approximate surface area is 145 Å². The minimum absolute atomic E-state index is 0.317. The standard InChI is InChI=1S/C18H21N3S2/c1-18(2,3)12-22-17-21-15-8-7-13(10-16(15)23-17)20-11-14-6-4-5-9-19-14/h4-10,20H,11-12H2,1-3H3. The van der Waals surface area contributed by atoms with E-state index in [9.17, 15) is 0 Å². The molecule has 0 bridgehead atoms. The third-order valence-electron chi connectivity index (χ3n) is 3.20. The van der Waals surface area contributed by atoms with Crippen molar-refractivity contribution >= 4 is 39.0 Å². The molecule has 0 amide bonds. The lowest BCUT2D eigenvalue weighted by molar-refractivity contribution is 0.481. The number of hydrogen-bond acceptors (Lipinski definition) is 5. The van der Waals surface area contributed by atoms with E-state index < -0.39 is 0 Å². The Kier molecular flexibility index (Phi) is 4.87. The number of hydrogen-bond donors (Lipinski definition) is 1. The van der Waals surface area contributed by atoms with E-state index in [4.69, 9.17) is 4.98 Å². The zero-order valence-corrected chi connectivity index (χ0v) is 15.3. The van der Waals surface area contributed by atoms with Gasteiger partial charge in [-0.15, -0.1) is 11.3 Å². The van der Waals surface area contributed by atoms with Crippen molar-refractivity contribution in [3.8, 4) is 0 Å². The van der Waals surface area contributed by atoms with Crippen LogP contribution in [0.4, 0.5) is 5.69 Å². The van der Waals surface area contributed by atoms with Crippen molar-refractivity contribution in [2.75, 3.05) is 11.1 Å². The van der Waals surface area contributed by atoms with E-state index in [2.05, 4.69) is 49.3 Å². The van der Waals surface area contributed by atoms with Crippen molar-refractivity contribution in [2.24, 2.45) is 5.41 Å². The van der Waals surface area contributed by atoms with E-state index in [1.54, 1.807) is 11.3 Å². The normalized spacial score (nSPS) is 11.8. The van der Waals surface area contributed by atoms with Gasteiger partial charge in [0.1, 0.15) is 0 Å². The molecule has 2 heterocycles. The van der Waals surface area contributed by atoms with Crippen molar-refractivity contribution < 1.29 is 0 Å². The molecule has 1 aromatic carbocycles. The first-order chi connectivity index (χ1) is 11.0. The molecule has 1 N–H and O–H groups in total. The summed E-state index contributed by atoms with van der Waals surface area (Å²) in [5.41, 5.74) is 3.55. The predicted molar refractivity (Wildman–Crippen MR) is 101 cm³/mol. The van der Waals surface area contributed by atoms with E-state index in [1.165, 1.54) is 4.70 Å². The predicted octanol–water partition coefficient (Wildman–Crippen LogP) is 5.44. The maximum atomic E-state index is 4.72. The number of nitrogens with zero attached hydrogens (tertiary/aromatic N) is 2. The van der Waals surface area contributed by atoms with Gasteiger partial charge >= 0.3 is 0 Å². The zero-order chi connectivity index (χ0) is 16.3. The van der Waals surface area contributed by atoms with Crippen molar-refractivity contribution in [2.45, 2.75) is 31.7 Å². The number of thioether (sulfide) groups is 1. The summed E-state index contributed by atoms with van der Waals surface area (Å²) < 4.78 is 2.38. The molecule has 5 heteroatoms. The molecule has 120 valence electrons. The van der Waals surface area contributed by atoms with Crippen LogP contribution in [0.25, 0.3) is 10.2 Å². The van der Waals surface area contributed by atoms with Gasteiger partial charge in [-0.2, -0.15) is 0 Å². The van der Waals surface area contributed by atoms with Gasteiger partial charge in [-0.1, -0.05) is 38.6 Å². The number of benzene rings is 1. The van der Waals surface area contributed by atoms with Crippen molar-refractivity contribution in [3.05, 3.63) is 48.3 Å². The lowest BCUT2D eigenvalue weighted by Gasteiger charge is -2.15. The second kappa shape index (κ2) is 6.89. The van der Waals surface area contributed by atoms with E-state index >= 15 is 0 Å². The van der Waals surface area contributed by atoms with Gasteiger partial charge in [-0.3, -0.25) is 4.98 Å². The molecule has 0 spiro atoms. The Balaban J connectivity index is 1.69. The Morgan fingerprint density at radius 1 is 1.17 bits per heavy atom. The molecule has 2 aromatic heterocycles. The molecule has 0 aliphatic carbocycles. The second-order valence-corrected chi connectivity index (χ2v) is 8.94. The Hall–Kier alpha value is -1.59. The molecule has 0 aliphatic heterocycles. The van der Waals surface area contributed by atoms with Crippen LogP contribution in [0.3, 0.4) is 0 Å². The van der Waals surface area contributed by atoms with Crippen LogP contribution >= 0.6 is 23.1 Å². The number of nitrogens with one attached hydrogen (secondary N) is 1. The molecule has 0 aliphatic rings. The second-order valence-electron chi connectivity index (χ2n) is 6.69. The highest BCUT2D eigenvalue weighted by Gasteiger charge is 2.13. The number of fused-ring (bicyclic) bond motifs is 1. The third kappa shape index (κ3) is 4.69. The van der Waals surface area contributed by atoms with E-state index in [0.717, 1.165) is 33.5 Å². The smallest absolute Gasteiger partial charge is 0.151 e. The fourth-order valence-corrected chi connectivity index (χ4v) is 4.19. The summed E-state index contributed by atoms with van der Waals surface area (Å²) in [6, 6.07) is 12.3. The van der Waals surface area contributed by atoms with Crippen LogP contribution in [0.1, 0.15) is 26.5 Å². The molecule has 0 radical (unpaired) electrons. The minimum Gasteiger partial charge on any atom is -0.379 e. The first-order valence-electron chi connectivity index (χ1n) is 7.67. The van der Waals surface area contributed by atoms with Crippen LogP contribution in [0, 0.1) is 5.41 Å². The third-order valence-corrected chi connectivity index (χ3v) is 5.96. The maximum Gasteiger partial charge on any atom is 0.151 e. The SMILES string of the molecule is CC(C)(C)CSc1nc2ccc(NCc3ccccn3)cc2s1. The molecule has 23 heavy (non-hydrogen) atoms. The maximum absolute atomic E-state index is 4.72. The van der Waals surface area contributed by atoms with Crippen LogP contribution in [-0.4, -0.2) is 15.7 Å². The highest BCUT2D eigenvalue weighted by atomic mass is 32.2. The van der Waals surface area contributed by atoms with Crippen molar-refractivity contribution in [1.29, 1.82) is 0 Å². The fraction of sp³-hybridized carbons (Fsp3) is 0.333. The molecular formula is C18H21N3S2. The zero-order valence-electron chi connectivity index (χ0n) is 13.7. The summed E-state index contributed by atoms with van der Waals surface area (Å²) in [4.78, 5) is 9.05. The molecule has 3 rings (SSSR count). The number of anilines is 1. The van der Waals surface area contributed by atoms with Crippen molar-refractivity contribution in [1.82, 2.24) is 9.97 Å². The number of aromatic nitrogens is 2. The first-order valence-corrected chi connectivity index (χ1v) is 9.47. The Morgan fingerprint density at radius 2 is 2.04 bits per heavy atom. The number of rotatable bonds is 5. The summed E-state index contributed by atoms with van der Waals surface area (Å²) in [6.45, 7) is 7.50. The average molecular weight is 344 g/mol. The summed E-state index contributed by atoms with van der Waals surface area (Å²) >= 11 is 3.62. The highest BCUT2D eigenvalue weighted by Crippen LogP contribution is 2.34. The van der Waals surface area contributed by atoms with E-state index in [1.807, 2.05) is 36.2 Å². The van der Waals surface area contributed by atoms with Crippen molar-refractivity contribution in [3.63, 3.8) is 0 Å². The van der Waals surface area contributed by atoms with Gasteiger partial charge in [0.25, 0.3) is 0 Å². The lowest BCUT2D eigenvalue weighted by Crippen LogP contribution is -2.07. The quantitative estimate of drug-likeness (QED) is 0.626. The average Bonchev–Trinajstić information content (AvgIpc) is 2.93. The molecule has 0 unspecified atom stereocenters. The van der Waals surface area contributed by atoms with Gasteiger partial charge in [-0.05, 0) is 35.7 Å². The van der Waals surface area contributed by atoms with E-state index in [0.29, 0.717) is 5.41 Å². The number of thiazole rings is 1. The summed E-state index contributed by atoms with van der Waals surface area (Å²) in [5.74, 6) is 1.08. The van der Waals surface area contributed by atoms with Gasteiger partial charge in [0.2, 0.25) is 0 Å². The molecule has 0 saturated carbocycles. The van der Waals surface area contributed by atoms with Gasteiger partial charge in [0.15, 0.2) is 4.34 Å². The Bertz CT molecular complexity index is 776. The lowest BCUT2D eigenvalue weighted by atomic mass is 10.0. The Morgan fingerprint density at radius 3 is 2.78 bits per heavy atom. The van der Waals surface area contributed by atoms with Crippen LogP contribution in [0.15, 0.2) is 46.9 Å². The fourth-order valence-electron chi connectivity index (χ4n) is 2.05. The van der Waals surface area contributed by atoms with Gasteiger partial charge < -0.3 is 5.32 Å². The van der Waals surface area contributed by atoms with Gasteiger partial charge in [0.05, 0.1) is 22.5 Å².